The maximum Gasteiger partial charge on any atom is 0.213 e. The first-order valence-electron chi connectivity index (χ1n) is 4.46. The minimum atomic E-state index is 0.0792. The highest BCUT2D eigenvalue weighted by Crippen LogP contribution is 2.21. The summed E-state index contributed by atoms with van der Waals surface area (Å²) in [6.07, 6.45) is 1.32. The molecule has 78 valence electrons. The second-order valence-corrected chi connectivity index (χ2v) is 3.99. The second-order valence-electron chi connectivity index (χ2n) is 2.94. The molecule has 0 saturated heterocycles. The Bertz CT molecular complexity index is 400. The Morgan fingerprint density at radius 2 is 2.07 bits per heavy atom. The summed E-state index contributed by atoms with van der Waals surface area (Å²) in [6.45, 7) is 0.0792. The van der Waals surface area contributed by atoms with E-state index in [1.165, 1.54) is 6.39 Å². The second kappa shape index (κ2) is 4.95. The van der Waals surface area contributed by atoms with E-state index in [0.29, 0.717) is 11.6 Å². The molecule has 1 aromatic heterocycles. The maximum atomic E-state index is 8.87. The Kier molecular flexibility index (Phi) is 3.37. The van der Waals surface area contributed by atoms with Crippen LogP contribution in [0.25, 0.3) is 0 Å². The van der Waals surface area contributed by atoms with Crippen LogP contribution in [-0.2, 0) is 12.4 Å². The number of benzene rings is 1. The molecule has 0 radical (unpaired) electrons. The van der Waals surface area contributed by atoms with Gasteiger partial charge in [-0.3, -0.25) is 0 Å². The van der Waals surface area contributed by atoms with Crippen molar-refractivity contribution in [3.05, 3.63) is 42.0 Å². The molecule has 2 rings (SSSR count). The number of nitrogens with zero attached hydrogens (tertiary/aromatic N) is 2. The Balaban J connectivity index is 1.93. The van der Waals surface area contributed by atoms with Crippen LogP contribution in [0.2, 0.25) is 0 Å². The lowest BCUT2D eigenvalue weighted by Crippen LogP contribution is -1.84. The van der Waals surface area contributed by atoms with Crippen molar-refractivity contribution in [1.82, 2.24) is 10.1 Å². The van der Waals surface area contributed by atoms with Gasteiger partial charge in [-0.2, -0.15) is 4.98 Å². The number of aliphatic hydroxyl groups excluding tert-OH is 1. The fraction of sp³-hybridized carbons (Fsp3) is 0.200. The van der Waals surface area contributed by atoms with Gasteiger partial charge in [0.05, 0.1) is 12.4 Å². The molecule has 0 aliphatic rings. The molecule has 15 heavy (non-hydrogen) atoms. The van der Waals surface area contributed by atoms with Crippen molar-refractivity contribution in [2.75, 3.05) is 0 Å². The first-order valence-corrected chi connectivity index (χ1v) is 5.45. The number of hydrogen-bond acceptors (Lipinski definition) is 5. The van der Waals surface area contributed by atoms with Crippen molar-refractivity contribution in [2.24, 2.45) is 0 Å². The molecule has 0 spiro atoms. The van der Waals surface area contributed by atoms with Gasteiger partial charge in [-0.15, -0.1) is 11.8 Å². The highest BCUT2D eigenvalue weighted by molar-refractivity contribution is 7.98. The summed E-state index contributed by atoms with van der Waals surface area (Å²) in [5.41, 5.74) is 0.916. The molecule has 1 heterocycles. The number of aromatic nitrogens is 2. The monoisotopic (exact) mass is 222 g/mol. The average molecular weight is 222 g/mol. The minimum absolute atomic E-state index is 0.0792. The molecule has 4 nitrogen and oxygen atoms in total. The van der Waals surface area contributed by atoms with E-state index in [-0.39, 0.29) is 6.61 Å². The van der Waals surface area contributed by atoms with Gasteiger partial charge < -0.3 is 9.63 Å². The fourth-order valence-electron chi connectivity index (χ4n) is 1.09. The van der Waals surface area contributed by atoms with E-state index >= 15 is 0 Å². The van der Waals surface area contributed by atoms with Gasteiger partial charge in [-0.05, 0) is 17.7 Å². The lowest BCUT2D eigenvalue weighted by atomic mass is 10.2. The van der Waals surface area contributed by atoms with Crippen LogP contribution in [0.5, 0.6) is 0 Å². The summed E-state index contributed by atoms with van der Waals surface area (Å²) in [6, 6.07) is 7.74. The van der Waals surface area contributed by atoms with Gasteiger partial charge in [0.15, 0.2) is 5.82 Å². The van der Waals surface area contributed by atoms with E-state index in [1.54, 1.807) is 11.8 Å². The zero-order valence-corrected chi connectivity index (χ0v) is 8.78. The molecular weight excluding hydrogens is 212 g/mol. The lowest BCUT2D eigenvalue weighted by Gasteiger charge is -1.99. The predicted molar refractivity (Wildman–Crippen MR) is 56.2 cm³/mol. The molecular formula is C10H10N2O2S. The Morgan fingerprint density at radius 1 is 1.27 bits per heavy atom. The van der Waals surface area contributed by atoms with E-state index in [1.807, 2.05) is 24.3 Å². The standard InChI is InChI=1S/C10H10N2O2S/c13-5-8-1-3-9(4-2-8)15-6-10-11-7-14-12-10/h1-4,7,13H,5-6H2. The number of hydrogen-bond donors (Lipinski definition) is 1. The Hall–Kier alpha value is -1.33. The summed E-state index contributed by atoms with van der Waals surface area (Å²) >= 11 is 1.63. The first kappa shape index (κ1) is 10.2. The van der Waals surface area contributed by atoms with Crippen molar-refractivity contribution in [1.29, 1.82) is 0 Å². The average Bonchev–Trinajstić information content (AvgIpc) is 2.80. The van der Waals surface area contributed by atoms with Gasteiger partial charge in [-0.25, -0.2) is 0 Å². The first-order chi connectivity index (χ1) is 7.38. The highest BCUT2D eigenvalue weighted by atomic mass is 32.2. The third-order valence-electron chi connectivity index (χ3n) is 1.88. The summed E-state index contributed by atoms with van der Waals surface area (Å²) in [5.74, 6) is 1.38. The molecule has 0 fully saturated rings. The number of rotatable bonds is 4. The maximum absolute atomic E-state index is 8.87. The normalized spacial score (nSPS) is 10.5. The van der Waals surface area contributed by atoms with Crippen molar-refractivity contribution >= 4 is 11.8 Å². The predicted octanol–water partition coefficient (Wildman–Crippen LogP) is 1.85. The summed E-state index contributed by atoms with van der Waals surface area (Å²) in [5, 5.41) is 12.6. The highest BCUT2D eigenvalue weighted by Gasteiger charge is 2.00. The van der Waals surface area contributed by atoms with Gasteiger partial charge in [0.2, 0.25) is 6.39 Å². The van der Waals surface area contributed by atoms with Crippen molar-refractivity contribution in [3.8, 4) is 0 Å². The zero-order valence-electron chi connectivity index (χ0n) is 7.96. The molecule has 0 saturated carbocycles. The fourth-order valence-corrected chi connectivity index (χ4v) is 1.85. The van der Waals surface area contributed by atoms with Crippen LogP contribution in [0.3, 0.4) is 0 Å². The van der Waals surface area contributed by atoms with Crippen LogP contribution in [-0.4, -0.2) is 15.2 Å². The SMILES string of the molecule is OCc1ccc(SCc2ncon2)cc1. The molecule has 0 bridgehead atoms. The van der Waals surface area contributed by atoms with Crippen molar-refractivity contribution in [2.45, 2.75) is 17.3 Å². The molecule has 0 atom stereocenters. The molecule has 1 N–H and O–H groups in total. The van der Waals surface area contributed by atoms with E-state index in [2.05, 4.69) is 14.7 Å². The molecule has 0 amide bonds. The largest absolute Gasteiger partial charge is 0.392 e. The van der Waals surface area contributed by atoms with Crippen LogP contribution >= 0.6 is 11.8 Å². The Morgan fingerprint density at radius 3 is 2.67 bits per heavy atom. The molecule has 1 aromatic carbocycles. The molecule has 0 aliphatic heterocycles. The smallest absolute Gasteiger partial charge is 0.213 e. The topological polar surface area (TPSA) is 59.2 Å². The quantitative estimate of drug-likeness (QED) is 0.800. The van der Waals surface area contributed by atoms with E-state index in [9.17, 15) is 0 Å². The summed E-state index contributed by atoms with van der Waals surface area (Å²) < 4.78 is 4.63. The van der Waals surface area contributed by atoms with E-state index < -0.39 is 0 Å². The minimum Gasteiger partial charge on any atom is -0.392 e. The van der Waals surface area contributed by atoms with E-state index in [4.69, 9.17) is 5.11 Å². The van der Waals surface area contributed by atoms with Gasteiger partial charge in [0.25, 0.3) is 0 Å². The van der Waals surface area contributed by atoms with Crippen LogP contribution in [0.1, 0.15) is 11.4 Å². The van der Waals surface area contributed by atoms with Gasteiger partial charge >= 0.3 is 0 Å². The molecule has 2 aromatic rings. The third kappa shape index (κ3) is 2.81. The summed E-state index contributed by atoms with van der Waals surface area (Å²) in [7, 11) is 0. The summed E-state index contributed by atoms with van der Waals surface area (Å²) in [4.78, 5) is 5.05. The number of thioether (sulfide) groups is 1. The van der Waals surface area contributed by atoms with Crippen molar-refractivity contribution in [3.63, 3.8) is 0 Å². The molecule has 0 aliphatic carbocycles. The lowest BCUT2D eigenvalue weighted by molar-refractivity contribution is 0.282. The van der Waals surface area contributed by atoms with Crippen LogP contribution in [0.4, 0.5) is 0 Å². The van der Waals surface area contributed by atoms with E-state index in [0.717, 1.165) is 10.5 Å². The van der Waals surface area contributed by atoms with Crippen molar-refractivity contribution < 1.29 is 9.63 Å². The molecule has 5 heteroatoms. The van der Waals surface area contributed by atoms with Crippen LogP contribution < -0.4 is 0 Å². The van der Waals surface area contributed by atoms with Gasteiger partial charge in [0, 0.05) is 4.90 Å². The van der Waals surface area contributed by atoms with Gasteiger partial charge in [-0.1, -0.05) is 17.3 Å². The van der Waals surface area contributed by atoms with Gasteiger partial charge in [0.1, 0.15) is 0 Å². The van der Waals surface area contributed by atoms with Crippen LogP contribution in [0, 0.1) is 0 Å². The zero-order chi connectivity index (χ0) is 10.5. The third-order valence-corrected chi connectivity index (χ3v) is 2.89. The molecule has 0 unspecified atom stereocenters. The van der Waals surface area contributed by atoms with Crippen LogP contribution in [0.15, 0.2) is 40.1 Å². The number of aliphatic hydroxyl groups is 1. The Labute approximate surface area is 91.3 Å².